The number of β-amino-alcohol motifs (C(OH)–C–C–N with tert-alkyl or cyclic N) is 1. The number of hydrogen-bond donors (Lipinski definition) is 2. The van der Waals surface area contributed by atoms with Crippen LogP contribution in [0.15, 0.2) is 28.8 Å². The van der Waals surface area contributed by atoms with Crippen LogP contribution < -0.4 is 5.32 Å². The maximum absolute atomic E-state index is 14.8. The zero-order valence-electron chi connectivity index (χ0n) is 19.8. The molecule has 0 spiro atoms. The minimum atomic E-state index is -1.02. The number of aliphatic hydroxyl groups is 1. The third kappa shape index (κ3) is 5.38. The number of aromatic nitrogens is 1. The molecule has 1 aliphatic heterocycles. The molecule has 1 fully saturated rings. The molecule has 182 valence electrons. The summed E-state index contributed by atoms with van der Waals surface area (Å²) in [6.07, 6.45) is -0.809. The van der Waals surface area contributed by atoms with E-state index in [2.05, 4.69) is 20.3 Å². The molecular weight excluding hydrogens is 459 g/mol. The lowest BCUT2D eigenvalue weighted by molar-refractivity contribution is -0.141. The molecule has 4 atom stereocenters. The highest BCUT2D eigenvalue weighted by Crippen LogP contribution is 2.32. The van der Waals surface area contributed by atoms with Crippen molar-refractivity contribution in [3.8, 4) is 10.4 Å². The number of halogens is 1. The first kappa shape index (κ1) is 25.6. The molecule has 1 aliphatic rings. The molecule has 11 heteroatoms. The van der Waals surface area contributed by atoms with E-state index in [9.17, 15) is 19.1 Å². The second kappa shape index (κ2) is 10.1. The van der Waals surface area contributed by atoms with Crippen molar-refractivity contribution in [1.82, 2.24) is 15.2 Å². The van der Waals surface area contributed by atoms with Gasteiger partial charge in [-0.3, -0.25) is 9.59 Å². The van der Waals surface area contributed by atoms with Crippen LogP contribution in [0, 0.1) is 18.2 Å². The normalized spacial score (nSPS) is 19.9. The third-order valence-corrected chi connectivity index (χ3v) is 6.89. The summed E-state index contributed by atoms with van der Waals surface area (Å²) in [7, 11) is 0. The maximum atomic E-state index is 14.8. The molecule has 0 aliphatic carbocycles. The third-order valence-electron chi connectivity index (χ3n) is 5.93. The fourth-order valence-electron chi connectivity index (χ4n) is 4.05. The Hall–Kier alpha value is -3.01. The number of azide groups is 1. The average molecular weight is 489 g/mol. The van der Waals surface area contributed by atoms with E-state index in [0.29, 0.717) is 11.1 Å². The summed E-state index contributed by atoms with van der Waals surface area (Å²) in [5.41, 5.74) is 11.7. The monoisotopic (exact) mass is 488 g/mol. The topological polar surface area (TPSA) is 131 Å². The molecule has 9 nitrogen and oxygen atoms in total. The second-order valence-corrected chi connectivity index (χ2v) is 10.5. The molecule has 1 aromatic heterocycles. The van der Waals surface area contributed by atoms with E-state index >= 15 is 0 Å². The lowest BCUT2D eigenvalue weighted by atomic mass is 9.86. The number of nitrogens with zero attached hydrogens (tertiary/aromatic N) is 5. The van der Waals surface area contributed by atoms with Crippen LogP contribution in [0.1, 0.15) is 51.4 Å². The van der Waals surface area contributed by atoms with Gasteiger partial charge in [0.15, 0.2) is 0 Å². The summed E-state index contributed by atoms with van der Waals surface area (Å²) in [5.74, 6) is -1.39. The molecule has 0 bridgehead atoms. The lowest BCUT2D eigenvalue weighted by Crippen LogP contribution is -2.51. The summed E-state index contributed by atoms with van der Waals surface area (Å²) < 4.78 is 14.8. The Morgan fingerprint density at radius 2 is 2.12 bits per heavy atom. The van der Waals surface area contributed by atoms with Gasteiger partial charge < -0.3 is 15.3 Å². The van der Waals surface area contributed by atoms with E-state index in [0.717, 1.165) is 10.6 Å². The molecule has 2 amide bonds. The molecule has 1 saturated heterocycles. The molecule has 0 saturated carbocycles. The molecule has 0 unspecified atom stereocenters. The van der Waals surface area contributed by atoms with E-state index in [4.69, 9.17) is 5.53 Å². The van der Waals surface area contributed by atoms with Gasteiger partial charge in [-0.1, -0.05) is 38.0 Å². The van der Waals surface area contributed by atoms with Crippen LogP contribution in [-0.2, 0) is 9.59 Å². The van der Waals surface area contributed by atoms with Gasteiger partial charge in [0.05, 0.1) is 28.2 Å². The largest absolute Gasteiger partial charge is 0.391 e. The van der Waals surface area contributed by atoms with E-state index in [1.807, 2.05) is 6.92 Å². The number of aryl methyl sites for hydroxylation is 1. The molecule has 2 aromatic rings. The van der Waals surface area contributed by atoms with Crippen molar-refractivity contribution in [3.05, 3.63) is 51.2 Å². The minimum Gasteiger partial charge on any atom is -0.391 e. The Labute approximate surface area is 201 Å². The zero-order valence-corrected chi connectivity index (χ0v) is 20.6. The van der Waals surface area contributed by atoms with E-state index in [1.54, 1.807) is 45.3 Å². The van der Waals surface area contributed by atoms with Crippen LogP contribution in [0.25, 0.3) is 20.9 Å². The van der Waals surface area contributed by atoms with Crippen LogP contribution in [0.4, 0.5) is 4.39 Å². The summed E-state index contributed by atoms with van der Waals surface area (Å²) in [4.78, 5) is 35.2. The van der Waals surface area contributed by atoms with E-state index in [1.165, 1.54) is 22.3 Å². The van der Waals surface area contributed by atoms with Crippen LogP contribution in [-0.4, -0.2) is 51.5 Å². The van der Waals surface area contributed by atoms with Crippen molar-refractivity contribution < 1.29 is 19.1 Å². The number of amides is 2. The number of carbonyl (C=O) groups is 2. The molecule has 34 heavy (non-hydrogen) atoms. The van der Waals surface area contributed by atoms with Crippen LogP contribution >= 0.6 is 11.3 Å². The first-order valence-corrected chi connectivity index (χ1v) is 11.8. The number of nitrogens with one attached hydrogen (secondary N) is 1. The number of aliphatic hydroxyl groups excluding tert-OH is 1. The van der Waals surface area contributed by atoms with Gasteiger partial charge in [0.25, 0.3) is 0 Å². The van der Waals surface area contributed by atoms with Gasteiger partial charge in [0.2, 0.25) is 11.8 Å². The Kier molecular flexibility index (Phi) is 7.60. The SMILES string of the molecule is Cc1ncsc1-c1ccc([C@H](C)NC(=O)[C@@H]2C[C@@H](O)CN2C(=O)[C@@H](N=[N+]=[N-])C(C)(C)C)cc1F. The summed E-state index contributed by atoms with van der Waals surface area (Å²) in [6, 6.07) is 2.30. The van der Waals surface area contributed by atoms with Gasteiger partial charge in [-0.25, -0.2) is 9.37 Å². The van der Waals surface area contributed by atoms with E-state index in [-0.39, 0.29) is 13.0 Å². The molecule has 1 aromatic carbocycles. The average Bonchev–Trinajstić information content (AvgIpc) is 3.36. The summed E-state index contributed by atoms with van der Waals surface area (Å²) in [5, 5.41) is 16.6. The van der Waals surface area contributed by atoms with Crippen molar-refractivity contribution in [2.45, 2.75) is 65.3 Å². The fraction of sp³-hybridized carbons (Fsp3) is 0.522. The molecule has 0 radical (unpaired) electrons. The Bertz CT molecular complexity index is 1120. The van der Waals surface area contributed by atoms with Crippen LogP contribution in [0.3, 0.4) is 0 Å². The Morgan fingerprint density at radius 3 is 2.68 bits per heavy atom. The first-order chi connectivity index (χ1) is 15.9. The highest BCUT2D eigenvalue weighted by atomic mass is 32.1. The molecule has 2 N–H and O–H groups in total. The predicted molar refractivity (Wildman–Crippen MR) is 127 cm³/mol. The molecule has 2 heterocycles. The van der Waals surface area contributed by atoms with Gasteiger partial charge in [0, 0.05) is 23.4 Å². The van der Waals surface area contributed by atoms with Crippen molar-refractivity contribution in [2.75, 3.05) is 6.54 Å². The van der Waals surface area contributed by atoms with Crippen LogP contribution in [0.5, 0.6) is 0 Å². The van der Waals surface area contributed by atoms with Gasteiger partial charge in [-0.15, -0.1) is 11.3 Å². The van der Waals surface area contributed by atoms with E-state index < -0.39 is 47.3 Å². The van der Waals surface area contributed by atoms with Gasteiger partial charge in [-0.2, -0.15) is 0 Å². The minimum absolute atomic E-state index is 0.0314. The number of hydrogen-bond acceptors (Lipinski definition) is 6. The highest BCUT2D eigenvalue weighted by molar-refractivity contribution is 7.13. The van der Waals surface area contributed by atoms with Crippen molar-refractivity contribution in [2.24, 2.45) is 10.5 Å². The number of rotatable bonds is 6. The summed E-state index contributed by atoms with van der Waals surface area (Å²) >= 11 is 1.36. The second-order valence-electron chi connectivity index (χ2n) is 9.61. The van der Waals surface area contributed by atoms with Gasteiger partial charge in [-0.05, 0) is 36.4 Å². The lowest BCUT2D eigenvalue weighted by Gasteiger charge is -2.32. The van der Waals surface area contributed by atoms with Gasteiger partial charge >= 0.3 is 0 Å². The number of thiazole rings is 1. The number of likely N-dealkylation sites (tertiary alicyclic amines) is 1. The highest BCUT2D eigenvalue weighted by Gasteiger charge is 2.43. The van der Waals surface area contributed by atoms with Crippen molar-refractivity contribution in [1.29, 1.82) is 0 Å². The quantitative estimate of drug-likeness (QED) is 0.360. The smallest absolute Gasteiger partial charge is 0.243 e. The fourth-order valence-corrected chi connectivity index (χ4v) is 4.88. The Morgan fingerprint density at radius 1 is 1.41 bits per heavy atom. The molecule has 3 rings (SSSR count). The standard InChI is InChI=1S/C23H29FN6O3S/c1-12(14-6-7-16(17(24)8-14)19-13(2)26-11-34-19)27-21(32)18-9-15(31)10-30(18)22(33)20(28-29-25)23(3,4)5/h6-8,11-12,15,18,20,31H,9-10H2,1-5H3,(H,27,32)/t12-,15+,18-,20+/m0/s1. The van der Waals surface area contributed by atoms with Crippen molar-refractivity contribution in [3.63, 3.8) is 0 Å². The molecular formula is C23H29FN6O3S. The Balaban J connectivity index is 1.77. The summed E-state index contributed by atoms with van der Waals surface area (Å²) in [6.45, 7) is 8.80. The number of benzene rings is 1. The maximum Gasteiger partial charge on any atom is 0.243 e. The van der Waals surface area contributed by atoms with Gasteiger partial charge in [0.1, 0.15) is 17.9 Å². The zero-order chi connectivity index (χ0) is 25.2. The first-order valence-electron chi connectivity index (χ1n) is 11.0. The predicted octanol–water partition coefficient (Wildman–Crippen LogP) is 4.12. The number of carbonyl (C=O) groups excluding carboxylic acids is 2. The van der Waals surface area contributed by atoms with Crippen LogP contribution in [0.2, 0.25) is 0 Å². The van der Waals surface area contributed by atoms with Crippen molar-refractivity contribution >= 4 is 23.2 Å².